The van der Waals surface area contributed by atoms with Crippen LogP contribution in [-0.2, 0) is 13.1 Å². The van der Waals surface area contributed by atoms with Gasteiger partial charge < -0.3 is 9.73 Å². The number of oxazole rings is 1. The minimum absolute atomic E-state index is 0.193. The summed E-state index contributed by atoms with van der Waals surface area (Å²) in [7, 11) is 0. The first-order chi connectivity index (χ1) is 16.7. The number of aryl methyl sites for hydroxylation is 1. The van der Waals surface area contributed by atoms with Gasteiger partial charge in [0.1, 0.15) is 12.7 Å². The van der Waals surface area contributed by atoms with Crippen molar-refractivity contribution in [3.05, 3.63) is 114 Å². The van der Waals surface area contributed by atoms with Crippen molar-refractivity contribution < 1.29 is 9.21 Å². The summed E-state index contributed by atoms with van der Waals surface area (Å²) in [6.07, 6.45) is 4.87. The maximum absolute atomic E-state index is 13.1. The summed E-state index contributed by atoms with van der Waals surface area (Å²) in [5.41, 5.74) is 5.35. The van der Waals surface area contributed by atoms with Gasteiger partial charge >= 0.3 is 0 Å². The van der Waals surface area contributed by atoms with Crippen LogP contribution < -0.4 is 5.32 Å². The van der Waals surface area contributed by atoms with Crippen LogP contribution in [0.1, 0.15) is 27.0 Å². The first-order valence-electron chi connectivity index (χ1n) is 11.0. The van der Waals surface area contributed by atoms with E-state index in [0.717, 1.165) is 16.7 Å². The van der Waals surface area contributed by atoms with Crippen LogP contribution in [0, 0.1) is 6.92 Å². The zero-order valence-electron chi connectivity index (χ0n) is 18.7. The second kappa shape index (κ2) is 9.54. The topological polar surface area (TPSA) is 85.8 Å². The minimum Gasteiger partial charge on any atom is -0.436 e. The molecule has 0 unspecified atom stereocenters. The monoisotopic (exact) mass is 449 g/mol. The lowest BCUT2D eigenvalue weighted by molar-refractivity contribution is 0.0951. The van der Waals surface area contributed by atoms with E-state index in [4.69, 9.17) is 4.42 Å². The number of carbonyl (C=O) groups is 1. The number of carbonyl (C=O) groups excluding carboxylic acids is 1. The van der Waals surface area contributed by atoms with Crippen molar-refractivity contribution in [2.45, 2.75) is 20.0 Å². The fraction of sp³-hybridized carbons (Fsp3) is 0.111. The molecular formula is C27H23N5O2. The number of nitrogens with zero attached hydrogens (tertiary/aromatic N) is 4. The number of amides is 1. The van der Waals surface area contributed by atoms with E-state index in [-0.39, 0.29) is 5.91 Å². The summed E-state index contributed by atoms with van der Waals surface area (Å²) >= 11 is 0. The zero-order valence-corrected chi connectivity index (χ0v) is 18.7. The third-order valence-electron chi connectivity index (χ3n) is 5.60. The summed E-state index contributed by atoms with van der Waals surface area (Å²) < 4.78 is 7.77. The summed E-state index contributed by atoms with van der Waals surface area (Å²) in [4.78, 5) is 21.6. The molecule has 0 fully saturated rings. The van der Waals surface area contributed by atoms with Gasteiger partial charge in [-0.2, -0.15) is 5.10 Å². The predicted molar refractivity (Wildman–Crippen MR) is 129 cm³/mol. The minimum atomic E-state index is -0.193. The molecule has 5 rings (SSSR count). The van der Waals surface area contributed by atoms with Crippen molar-refractivity contribution in [3.63, 3.8) is 0 Å². The lowest BCUT2D eigenvalue weighted by Gasteiger charge is -2.12. The normalized spacial score (nSPS) is 10.9. The summed E-state index contributed by atoms with van der Waals surface area (Å²) in [6, 6.07) is 23.3. The molecule has 3 aromatic carbocycles. The fourth-order valence-electron chi connectivity index (χ4n) is 3.76. The van der Waals surface area contributed by atoms with E-state index in [0.29, 0.717) is 35.9 Å². The number of hydrogen-bond acceptors (Lipinski definition) is 5. The van der Waals surface area contributed by atoms with Gasteiger partial charge in [-0.1, -0.05) is 66.2 Å². The Labute approximate surface area is 197 Å². The molecular weight excluding hydrogens is 426 g/mol. The van der Waals surface area contributed by atoms with Crippen LogP contribution >= 0.6 is 0 Å². The van der Waals surface area contributed by atoms with Crippen molar-refractivity contribution in [3.8, 4) is 22.8 Å². The molecule has 0 saturated carbocycles. The average molecular weight is 450 g/mol. The molecule has 0 atom stereocenters. The van der Waals surface area contributed by atoms with E-state index >= 15 is 0 Å². The Morgan fingerprint density at radius 3 is 2.53 bits per heavy atom. The molecule has 2 aromatic heterocycles. The number of aromatic nitrogens is 4. The van der Waals surface area contributed by atoms with Crippen molar-refractivity contribution in [2.75, 3.05) is 0 Å². The lowest BCUT2D eigenvalue weighted by atomic mass is 10.1. The van der Waals surface area contributed by atoms with Crippen molar-refractivity contribution in [1.82, 2.24) is 25.1 Å². The molecule has 0 bridgehead atoms. The Kier molecular flexibility index (Phi) is 5.99. The molecule has 34 heavy (non-hydrogen) atoms. The van der Waals surface area contributed by atoms with Gasteiger partial charge in [0.05, 0.1) is 18.3 Å². The van der Waals surface area contributed by atoms with Gasteiger partial charge in [0.2, 0.25) is 5.89 Å². The van der Waals surface area contributed by atoms with Gasteiger partial charge in [0, 0.05) is 17.7 Å². The van der Waals surface area contributed by atoms with E-state index in [9.17, 15) is 4.79 Å². The third-order valence-corrected chi connectivity index (χ3v) is 5.60. The molecule has 0 aliphatic rings. The van der Waals surface area contributed by atoms with Crippen LogP contribution in [0.25, 0.3) is 22.8 Å². The van der Waals surface area contributed by atoms with Crippen molar-refractivity contribution in [2.24, 2.45) is 0 Å². The van der Waals surface area contributed by atoms with E-state index in [2.05, 4.69) is 20.4 Å². The highest BCUT2D eigenvalue weighted by atomic mass is 16.4. The highest BCUT2D eigenvalue weighted by molar-refractivity contribution is 6.00. The van der Waals surface area contributed by atoms with Crippen LogP contribution in [0.5, 0.6) is 0 Å². The smallest absolute Gasteiger partial charge is 0.252 e. The van der Waals surface area contributed by atoms with Crippen LogP contribution in [0.2, 0.25) is 0 Å². The number of hydrogen-bond donors (Lipinski definition) is 1. The van der Waals surface area contributed by atoms with Gasteiger partial charge in [-0.05, 0) is 30.2 Å². The molecule has 1 N–H and O–H groups in total. The second-order valence-corrected chi connectivity index (χ2v) is 7.99. The van der Waals surface area contributed by atoms with E-state index in [1.54, 1.807) is 23.3 Å². The molecule has 1 amide bonds. The van der Waals surface area contributed by atoms with Crippen LogP contribution in [-0.4, -0.2) is 25.7 Å². The van der Waals surface area contributed by atoms with Crippen LogP contribution in [0.3, 0.4) is 0 Å². The van der Waals surface area contributed by atoms with Gasteiger partial charge in [-0.15, -0.1) is 0 Å². The molecule has 0 spiro atoms. The summed E-state index contributed by atoms with van der Waals surface area (Å²) in [5.74, 6) is 0.876. The highest BCUT2D eigenvalue weighted by Gasteiger charge is 2.17. The molecule has 0 aliphatic heterocycles. The highest BCUT2D eigenvalue weighted by Crippen LogP contribution is 2.28. The van der Waals surface area contributed by atoms with E-state index < -0.39 is 0 Å². The zero-order chi connectivity index (χ0) is 23.3. The molecule has 0 aliphatic carbocycles. The largest absolute Gasteiger partial charge is 0.436 e. The Morgan fingerprint density at radius 2 is 1.74 bits per heavy atom. The first-order valence-corrected chi connectivity index (χ1v) is 11.0. The van der Waals surface area contributed by atoms with Gasteiger partial charge in [0.25, 0.3) is 5.91 Å². The van der Waals surface area contributed by atoms with Crippen molar-refractivity contribution >= 4 is 5.91 Å². The Hall–Kier alpha value is -4.52. The maximum atomic E-state index is 13.1. The summed E-state index contributed by atoms with van der Waals surface area (Å²) in [5, 5.41) is 7.21. The number of benzene rings is 3. The second-order valence-electron chi connectivity index (χ2n) is 7.99. The fourth-order valence-corrected chi connectivity index (χ4v) is 3.76. The van der Waals surface area contributed by atoms with Crippen LogP contribution in [0.4, 0.5) is 0 Å². The molecule has 0 saturated heterocycles. The van der Waals surface area contributed by atoms with E-state index in [1.165, 1.54) is 11.9 Å². The maximum Gasteiger partial charge on any atom is 0.252 e. The molecule has 7 heteroatoms. The first kappa shape index (κ1) is 21.3. The third kappa shape index (κ3) is 4.63. The van der Waals surface area contributed by atoms with E-state index in [1.807, 2.05) is 73.7 Å². The standard InChI is InChI=1S/C27H23N5O2/c1-19-10-12-20(13-11-19)25-15-30-27(34-25)24-9-5-4-8-23(24)26(33)29-14-21-6-2-3-7-22(21)16-32-18-28-17-31-32/h2-13,15,17-18H,14,16H2,1H3,(H,29,33). The quantitative estimate of drug-likeness (QED) is 0.382. The summed E-state index contributed by atoms with van der Waals surface area (Å²) in [6.45, 7) is 3.01. The Morgan fingerprint density at radius 1 is 0.971 bits per heavy atom. The molecule has 2 heterocycles. The Bertz CT molecular complexity index is 1410. The molecule has 5 aromatic rings. The molecule has 0 radical (unpaired) electrons. The van der Waals surface area contributed by atoms with Gasteiger partial charge in [-0.25, -0.2) is 14.6 Å². The van der Waals surface area contributed by atoms with Gasteiger partial charge in [0.15, 0.2) is 5.76 Å². The van der Waals surface area contributed by atoms with Gasteiger partial charge in [-0.3, -0.25) is 4.79 Å². The predicted octanol–water partition coefficient (Wildman–Crippen LogP) is 4.89. The molecule has 168 valence electrons. The lowest BCUT2D eigenvalue weighted by Crippen LogP contribution is -2.24. The number of nitrogens with one attached hydrogen (secondary N) is 1. The SMILES string of the molecule is Cc1ccc(-c2cnc(-c3ccccc3C(=O)NCc3ccccc3Cn3cncn3)o2)cc1. The Balaban J connectivity index is 1.34. The van der Waals surface area contributed by atoms with Crippen molar-refractivity contribution in [1.29, 1.82) is 0 Å². The number of rotatable bonds is 7. The van der Waals surface area contributed by atoms with Crippen LogP contribution in [0.15, 0.2) is 96.1 Å². The molecule has 7 nitrogen and oxygen atoms in total. The average Bonchev–Trinajstić information content (AvgIpc) is 3.56.